The first-order valence-electron chi connectivity index (χ1n) is 9.89. The topological polar surface area (TPSA) is 73.7 Å². The zero-order valence-electron chi connectivity index (χ0n) is 17.7. The lowest BCUT2D eigenvalue weighted by atomic mass is 9.98. The summed E-state index contributed by atoms with van der Waals surface area (Å²) >= 11 is 1.53. The maximum absolute atomic E-state index is 12.8. The molecule has 0 saturated carbocycles. The molecule has 0 N–H and O–H groups in total. The summed E-state index contributed by atoms with van der Waals surface area (Å²) in [6.07, 6.45) is 2.58. The summed E-state index contributed by atoms with van der Waals surface area (Å²) in [4.78, 5) is 33.8. The number of aryl methyl sites for hydroxylation is 3. The summed E-state index contributed by atoms with van der Waals surface area (Å²) < 4.78 is 12.3. The van der Waals surface area contributed by atoms with Crippen molar-refractivity contribution < 1.29 is 14.3 Å². The first-order chi connectivity index (χ1) is 14.4. The van der Waals surface area contributed by atoms with Crippen LogP contribution in [0.4, 0.5) is 0 Å². The Morgan fingerprint density at radius 1 is 1.17 bits per heavy atom. The van der Waals surface area contributed by atoms with Crippen LogP contribution in [-0.4, -0.2) is 41.1 Å². The molecule has 3 aromatic rings. The Bertz CT molecular complexity index is 1180. The first kappa shape index (κ1) is 20.4. The molecule has 1 amide bonds. The normalized spacial score (nSPS) is 13.4. The summed E-state index contributed by atoms with van der Waals surface area (Å²) in [7, 11) is 3.23. The van der Waals surface area contributed by atoms with Crippen molar-refractivity contribution in [1.82, 2.24) is 14.5 Å². The van der Waals surface area contributed by atoms with Gasteiger partial charge in [-0.25, -0.2) is 4.98 Å². The number of rotatable bonds is 5. The largest absolute Gasteiger partial charge is 0.493 e. The van der Waals surface area contributed by atoms with E-state index in [1.54, 1.807) is 25.1 Å². The molecular weight excluding hydrogens is 402 g/mol. The highest BCUT2D eigenvalue weighted by Gasteiger charge is 2.23. The number of carbonyl (C=O) groups is 1. The van der Waals surface area contributed by atoms with Crippen molar-refractivity contribution in [2.24, 2.45) is 0 Å². The van der Waals surface area contributed by atoms with E-state index in [2.05, 4.69) is 4.98 Å². The predicted molar refractivity (Wildman–Crippen MR) is 117 cm³/mol. The van der Waals surface area contributed by atoms with Crippen LogP contribution in [0.3, 0.4) is 0 Å². The quantitative estimate of drug-likeness (QED) is 0.626. The van der Waals surface area contributed by atoms with E-state index in [-0.39, 0.29) is 17.9 Å². The van der Waals surface area contributed by atoms with Gasteiger partial charge in [-0.2, -0.15) is 0 Å². The molecule has 0 radical (unpaired) electrons. The lowest BCUT2D eigenvalue weighted by molar-refractivity contribution is -0.132. The molecule has 0 saturated heterocycles. The molecule has 8 heteroatoms. The molecule has 2 aromatic heterocycles. The standard InChI is InChI=1S/C22H25N3O4S/c1-13-14(2)30-21-20(13)22(27)25(12-23-21)8-6-19(26)24-7-5-15-9-17(28-3)18(29-4)10-16(15)11-24/h9-10,12H,5-8,11H2,1-4H3. The fourth-order valence-corrected chi connectivity index (χ4v) is 4.89. The Labute approximate surface area is 178 Å². The average Bonchev–Trinajstić information content (AvgIpc) is 3.05. The lowest BCUT2D eigenvalue weighted by Gasteiger charge is -2.29. The van der Waals surface area contributed by atoms with E-state index in [1.807, 2.05) is 30.9 Å². The van der Waals surface area contributed by atoms with Gasteiger partial charge in [-0.1, -0.05) is 0 Å². The van der Waals surface area contributed by atoms with Crippen molar-refractivity contribution >= 4 is 27.5 Å². The number of nitrogens with zero attached hydrogens (tertiary/aromatic N) is 3. The molecule has 0 spiro atoms. The van der Waals surface area contributed by atoms with Gasteiger partial charge in [0.25, 0.3) is 5.56 Å². The summed E-state index contributed by atoms with van der Waals surface area (Å²) in [5, 5.41) is 0.667. The van der Waals surface area contributed by atoms with Crippen LogP contribution < -0.4 is 15.0 Å². The smallest absolute Gasteiger partial charge is 0.262 e. The number of amides is 1. The highest BCUT2D eigenvalue weighted by atomic mass is 32.1. The number of aromatic nitrogens is 2. The predicted octanol–water partition coefficient (Wildman–Crippen LogP) is 3.07. The molecule has 1 aromatic carbocycles. The van der Waals surface area contributed by atoms with Crippen LogP contribution in [0.1, 0.15) is 28.0 Å². The van der Waals surface area contributed by atoms with Gasteiger partial charge >= 0.3 is 0 Å². The van der Waals surface area contributed by atoms with E-state index in [0.29, 0.717) is 36.5 Å². The number of hydrogen-bond donors (Lipinski definition) is 0. The molecule has 0 aliphatic carbocycles. The second-order valence-corrected chi connectivity index (χ2v) is 8.70. The van der Waals surface area contributed by atoms with Gasteiger partial charge in [-0.15, -0.1) is 11.3 Å². The van der Waals surface area contributed by atoms with E-state index in [9.17, 15) is 9.59 Å². The van der Waals surface area contributed by atoms with Crippen molar-refractivity contribution in [2.75, 3.05) is 20.8 Å². The third kappa shape index (κ3) is 3.56. The second-order valence-electron chi connectivity index (χ2n) is 7.50. The summed E-state index contributed by atoms with van der Waals surface area (Å²) in [6.45, 7) is 5.44. The summed E-state index contributed by atoms with van der Waals surface area (Å²) in [6, 6.07) is 3.93. The van der Waals surface area contributed by atoms with Crippen LogP contribution >= 0.6 is 11.3 Å². The molecule has 7 nitrogen and oxygen atoms in total. The van der Waals surface area contributed by atoms with Crippen LogP contribution in [0, 0.1) is 13.8 Å². The van der Waals surface area contributed by atoms with E-state index in [1.165, 1.54) is 16.9 Å². The molecule has 1 aliphatic heterocycles. The number of ether oxygens (including phenoxy) is 2. The summed E-state index contributed by atoms with van der Waals surface area (Å²) in [5.41, 5.74) is 3.14. The monoisotopic (exact) mass is 427 g/mol. The van der Waals surface area contributed by atoms with Gasteiger partial charge < -0.3 is 14.4 Å². The average molecular weight is 428 g/mol. The maximum atomic E-state index is 12.8. The maximum Gasteiger partial charge on any atom is 0.262 e. The van der Waals surface area contributed by atoms with Crippen molar-refractivity contribution in [1.29, 1.82) is 0 Å². The highest BCUT2D eigenvalue weighted by molar-refractivity contribution is 7.18. The Kier molecular flexibility index (Phi) is 5.51. The number of carbonyl (C=O) groups excluding carboxylic acids is 1. The van der Waals surface area contributed by atoms with E-state index < -0.39 is 0 Å². The number of hydrogen-bond acceptors (Lipinski definition) is 6. The molecular formula is C22H25N3O4S. The van der Waals surface area contributed by atoms with Gasteiger partial charge in [0.05, 0.1) is 25.9 Å². The SMILES string of the molecule is COc1cc2c(cc1OC)CN(C(=O)CCn1cnc3sc(C)c(C)c3c1=O)CC2. The van der Waals surface area contributed by atoms with E-state index >= 15 is 0 Å². The van der Waals surface area contributed by atoms with Gasteiger partial charge in [-0.05, 0) is 49.1 Å². The Hall–Kier alpha value is -2.87. The Morgan fingerprint density at radius 2 is 1.87 bits per heavy atom. The third-order valence-corrected chi connectivity index (χ3v) is 6.91. The molecule has 0 fully saturated rings. The molecule has 30 heavy (non-hydrogen) atoms. The van der Waals surface area contributed by atoms with Crippen LogP contribution in [0.2, 0.25) is 0 Å². The van der Waals surface area contributed by atoms with Crippen LogP contribution in [0.5, 0.6) is 11.5 Å². The van der Waals surface area contributed by atoms with Crippen molar-refractivity contribution in [3.8, 4) is 11.5 Å². The van der Waals surface area contributed by atoms with Gasteiger partial charge in [0.1, 0.15) is 4.83 Å². The second kappa shape index (κ2) is 8.10. The number of methoxy groups -OCH3 is 2. The Balaban J connectivity index is 1.48. The van der Waals surface area contributed by atoms with Crippen LogP contribution in [-0.2, 0) is 24.3 Å². The number of thiophene rings is 1. The van der Waals surface area contributed by atoms with Crippen molar-refractivity contribution in [3.05, 3.63) is 50.4 Å². The summed E-state index contributed by atoms with van der Waals surface area (Å²) in [5.74, 6) is 1.40. The third-order valence-electron chi connectivity index (χ3n) is 5.79. The number of benzene rings is 1. The molecule has 4 rings (SSSR count). The van der Waals surface area contributed by atoms with E-state index in [0.717, 1.165) is 27.3 Å². The first-order valence-corrected chi connectivity index (χ1v) is 10.7. The molecule has 0 bridgehead atoms. The van der Waals surface area contributed by atoms with Crippen molar-refractivity contribution in [2.45, 2.75) is 39.8 Å². The number of fused-ring (bicyclic) bond motifs is 2. The lowest BCUT2D eigenvalue weighted by Crippen LogP contribution is -2.37. The molecule has 0 unspecified atom stereocenters. The van der Waals surface area contributed by atoms with Crippen LogP contribution in [0.25, 0.3) is 10.2 Å². The fraction of sp³-hybridized carbons (Fsp3) is 0.409. The van der Waals surface area contributed by atoms with Gasteiger partial charge in [0.15, 0.2) is 11.5 Å². The minimum atomic E-state index is -0.0736. The molecule has 158 valence electrons. The van der Waals surface area contributed by atoms with Crippen LogP contribution in [0.15, 0.2) is 23.3 Å². The zero-order valence-corrected chi connectivity index (χ0v) is 18.5. The molecule has 3 heterocycles. The van der Waals surface area contributed by atoms with E-state index in [4.69, 9.17) is 9.47 Å². The van der Waals surface area contributed by atoms with Crippen molar-refractivity contribution in [3.63, 3.8) is 0 Å². The zero-order chi connectivity index (χ0) is 21.4. The van der Waals surface area contributed by atoms with Gasteiger partial charge in [0, 0.05) is 30.9 Å². The minimum absolute atomic E-state index is 0.0284. The van der Waals surface area contributed by atoms with Gasteiger partial charge in [0.2, 0.25) is 5.91 Å². The minimum Gasteiger partial charge on any atom is -0.493 e. The van der Waals surface area contributed by atoms with Gasteiger partial charge in [-0.3, -0.25) is 14.2 Å². The Morgan fingerprint density at radius 3 is 2.57 bits per heavy atom. The molecule has 0 atom stereocenters. The fourth-order valence-electron chi connectivity index (χ4n) is 3.90. The molecule has 1 aliphatic rings. The highest BCUT2D eigenvalue weighted by Crippen LogP contribution is 2.33.